The van der Waals surface area contributed by atoms with Crippen LogP contribution in [0.2, 0.25) is 0 Å². The number of hydrogen-bond donors (Lipinski definition) is 2. The van der Waals surface area contributed by atoms with Crippen molar-refractivity contribution in [2.24, 2.45) is 0 Å². The Hall–Kier alpha value is -1.84. The fraction of sp³-hybridized carbons (Fsp3) is 0.500. The molecule has 1 aliphatic rings. The molecule has 4 nitrogen and oxygen atoms in total. The molecule has 0 atom stereocenters. The normalized spacial score (nSPS) is 17.6. The molecule has 1 fully saturated rings. The Bertz CT molecular complexity index is 574. The average Bonchev–Trinajstić information content (AvgIpc) is 2.42. The van der Waals surface area contributed by atoms with Crippen molar-refractivity contribution < 1.29 is 0 Å². The Morgan fingerprint density at radius 1 is 1.00 bits per heavy atom. The molecule has 1 aliphatic carbocycles. The predicted octanol–water partition coefficient (Wildman–Crippen LogP) is 3.74. The first-order valence-corrected chi connectivity index (χ1v) is 7.60. The Balaban J connectivity index is 1.83. The van der Waals surface area contributed by atoms with E-state index in [-0.39, 0.29) is 0 Å². The highest BCUT2D eigenvalue weighted by Crippen LogP contribution is 2.25. The molecule has 0 amide bonds. The summed E-state index contributed by atoms with van der Waals surface area (Å²) in [5, 5.41) is 4.63. The van der Waals surface area contributed by atoms with Crippen molar-refractivity contribution in [3.05, 3.63) is 24.5 Å². The zero-order valence-corrected chi connectivity index (χ0v) is 11.8. The molecule has 2 aromatic rings. The van der Waals surface area contributed by atoms with Gasteiger partial charge in [-0.25, -0.2) is 9.97 Å². The first-order chi connectivity index (χ1) is 9.83. The minimum atomic E-state index is 0.523. The van der Waals surface area contributed by atoms with Gasteiger partial charge in [0.15, 0.2) is 0 Å². The number of hydrogen-bond acceptors (Lipinski definition) is 4. The van der Waals surface area contributed by atoms with Gasteiger partial charge < -0.3 is 11.1 Å². The highest BCUT2D eigenvalue weighted by atomic mass is 15.0. The van der Waals surface area contributed by atoms with Crippen LogP contribution in [0.1, 0.15) is 44.9 Å². The van der Waals surface area contributed by atoms with Crippen LogP contribution in [0.25, 0.3) is 10.9 Å². The van der Waals surface area contributed by atoms with Gasteiger partial charge in [-0.3, -0.25) is 0 Å². The fourth-order valence-corrected chi connectivity index (χ4v) is 2.98. The molecule has 1 saturated carbocycles. The summed E-state index contributed by atoms with van der Waals surface area (Å²) in [4.78, 5) is 8.72. The Morgan fingerprint density at radius 3 is 2.55 bits per heavy atom. The van der Waals surface area contributed by atoms with Crippen LogP contribution >= 0.6 is 0 Å². The van der Waals surface area contributed by atoms with Crippen LogP contribution in [-0.4, -0.2) is 16.0 Å². The van der Waals surface area contributed by atoms with Gasteiger partial charge in [0.2, 0.25) is 0 Å². The van der Waals surface area contributed by atoms with Crippen molar-refractivity contribution in [3.8, 4) is 0 Å². The van der Waals surface area contributed by atoms with E-state index in [1.807, 2.05) is 18.2 Å². The first-order valence-electron chi connectivity index (χ1n) is 7.60. The second-order valence-electron chi connectivity index (χ2n) is 5.69. The summed E-state index contributed by atoms with van der Waals surface area (Å²) < 4.78 is 0. The number of aromatic nitrogens is 2. The molecule has 3 rings (SSSR count). The molecule has 106 valence electrons. The van der Waals surface area contributed by atoms with Crippen molar-refractivity contribution in [1.29, 1.82) is 0 Å². The SMILES string of the molecule is Nc1ccc2ncnc(NC3CCCCCCC3)c2c1. The van der Waals surface area contributed by atoms with E-state index in [1.165, 1.54) is 44.9 Å². The molecule has 20 heavy (non-hydrogen) atoms. The fourth-order valence-electron chi connectivity index (χ4n) is 2.98. The largest absolute Gasteiger partial charge is 0.399 e. The number of nitrogens with one attached hydrogen (secondary N) is 1. The van der Waals surface area contributed by atoms with Gasteiger partial charge >= 0.3 is 0 Å². The van der Waals surface area contributed by atoms with E-state index in [1.54, 1.807) is 6.33 Å². The van der Waals surface area contributed by atoms with Crippen LogP contribution in [0.5, 0.6) is 0 Å². The summed E-state index contributed by atoms with van der Waals surface area (Å²) in [6.45, 7) is 0. The zero-order valence-electron chi connectivity index (χ0n) is 11.8. The van der Waals surface area contributed by atoms with Gasteiger partial charge in [0.1, 0.15) is 12.1 Å². The molecule has 3 N–H and O–H groups in total. The third-order valence-electron chi connectivity index (χ3n) is 4.11. The van der Waals surface area contributed by atoms with Crippen molar-refractivity contribution in [2.45, 2.75) is 51.0 Å². The van der Waals surface area contributed by atoms with Crippen LogP contribution in [-0.2, 0) is 0 Å². The van der Waals surface area contributed by atoms with E-state index in [2.05, 4.69) is 15.3 Å². The molecule has 0 bridgehead atoms. The zero-order chi connectivity index (χ0) is 13.8. The number of anilines is 2. The van der Waals surface area contributed by atoms with Crippen LogP contribution in [0.4, 0.5) is 11.5 Å². The molecule has 1 aromatic carbocycles. The Morgan fingerprint density at radius 2 is 1.75 bits per heavy atom. The monoisotopic (exact) mass is 270 g/mol. The number of nitrogens with two attached hydrogens (primary N) is 1. The highest BCUT2D eigenvalue weighted by molar-refractivity contribution is 5.91. The maximum atomic E-state index is 5.89. The molecule has 0 unspecified atom stereocenters. The maximum absolute atomic E-state index is 5.89. The van der Waals surface area contributed by atoms with Gasteiger partial charge in [-0.05, 0) is 31.0 Å². The molecule has 0 aliphatic heterocycles. The minimum absolute atomic E-state index is 0.523. The molecule has 0 saturated heterocycles. The third-order valence-corrected chi connectivity index (χ3v) is 4.11. The maximum Gasteiger partial charge on any atom is 0.137 e. The number of fused-ring (bicyclic) bond motifs is 1. The molecular weight excluding hydrogens is 248 g/mol. The number of benzene rings is 1. The van der Waals surface area contributed by atoms with Crippen molar-refractivity contribution >= 4 is 22.4 Å². The lowest BCUT2D eigenvalue weighted by molar-refractivity contribution is 0.471. The molecule has 4 heteroatoms. The van der Waals surface area contributed by atoms with E-state index in [4.69, 9.17) is 5.73 Å². The summed E-state index contributed by atoms with van der Waals surface area (Å²) in [5.41, 5.74) is 7.59. The van der Waals surface area contributed by atoms with Gasteiger partial charge in [0, 0.05) is 17.1 Å². The minimum Gasteiger partial charge on any atom is -0.399 e. The van der Waals surface area contributed by atoms with Crippen molar-refractivity contribution in [3.63, 3.8) is 0 Å². The van der Waals surface area contributed by atoms with E-state index >= 15 is 0 Å². The van der Waals surface area contributed by atoms with E-state index in [9.17, 15) is 0 Å². The smallest absolute Gasteiger partial charge is 0.137 e. The number of nitrogens with zero attached hydrogens (tertiary/aromatic N) is 2. The molecule has 1 aromatic heterocycles. The predicted molar refractivity (Wildman–Crippen MR) is 83.7 cm³/mol. The van der Waals surface area contributed by atoms with Crippen molar-refractivity contribution in [1.82, 2.24) is 9.97 Å². The summed E-state index contributed by atoms with van der Waals surface area (Å²) in [6.07, 6.45) is 10.8. The van der Waals surface area contributed by atoms with Crippen LogP contribution < -0.4 is 11.1 Å². The standard InChI is InChI=1S/C16H22N4/c17-12-8-9-15-14(10-12)16(19-11-18-15)20-13-6-4-2-1-3-5-7-13/h8-11,13H,1-7,17H2,(H,18,19,20). The van der Waals surface area contributed by atoms with E-state index in [0.717, 1.165) is 22.4 Å². The summed E-state index contributed by atoms with van der Waals surface area (Å²) in [6, 6.07) is 6.32. The van der Waals surface area contributed by atoms with Gasteiger partial charge in [-0.1, -0.05) is 32.1 Å². The second-order valence-corrected chi connectivity index (χ2v) is 5.69. The third kappa shape index (κ3) is 3.00. The van der Waals surface area contributed by atoms with Gasteiger partial charge in [0.25, 0.3) is 0 Å². The van der Waals surface area contributed by atoms with Gasteiger partial charge in [-0.2, -0.15) is 0 Å². The summed E-state index contributed by atoms with van der Waals surface area (Å²) in [7, 11) is 0. The molecule has 1 heterocycles. The lowest BCUT2D eigenvalue weighted by Crippen LogP contribution is -2.21. The highest BCUT2D eigenvalue weighted by Gasteiger charge is 2.13. The average molecular weight is 270 g/mol. The van der Waals surface area contributed by atoms with Crippen LogP contribution in [0.3, 0.4) is 0 Å². The van der Waals surface area contributed by atoms with Crippen molar-refractivity contribution in [2.75, 3.05) is 11.1 Å². The second kappa shape index (κ2) is 6.07. The lowest BCUT2D eigenvalue weighted by atomic mass is 9.96. The lowest BCUT2D eigenvalue weighted by Gasteiger charge is -2.22. The molecule has 0 radical (unpaired) electrons. The van der Waals surface area contributed by atoms with E-state index < -0.39 is 0 Å². The Kier molecular flexibility index (Phi) is 4.00. The van der Waals surface area contributed by atoms with Crippen LogP contribution in [0.15, 0.2) is 24.5 Å². The summed E-state index contributed by atoms with van der Waals surface area (Å²) >= 11 is 0. The number of rotatable bonds is 2. The number of nitrogen functional groups attached to an aromatic ring is 1. The molecular formula is C16H22N4. The van der Waals surface area contributed by atoms with E-state index in [0.29, 0.717) is 6.04 Å². The van der Waals surface area contributed by atoms with Gasteiger partial charge in [-0.15, -0.1) is 0 Å². The molecule has 0 spiro atoms. The Labute approximate surface area is 119 Å². The van der Waals surface area contributed by atoms with Gasteiger partial charge in [0.05, 0.1) is 5.52 Å². The topological polar surface area (TPSA) is 63.8 Å². The first kappa shape index (κ1) is 13.2. The summed E-state index contributed by atoms with van der Waals surface area (Å²) in [5.74, 6) is 0.924. The van der Waals surface area contributed by atoms with Crippen LogP contribution in [0, 0.1) is 0 Å². The quantitative estimate of drug-likeness (QED) is 0.816.